The van der Waals surface area contributed by atoms with E-state index in [1.54, 1.807) is 31.2 Å². The zero-order valence-corrected chi connectivity index (χ0v) is 8.77. The summed E-state index contributed by atoms with van der Waals surface area (Å²) in [5.41, 5.74) is 0.256. The van der Waals surface area contributed by atoms with E-state index in [1.807, 2.05) is 0 Å². The summed E-state index contributed by atoms with van der Waals surface area (Å²) in [7, 11) is 0. The van der Waals surface area contributed by atoms with Crippen molar-refractivity contribution >= 4 is 11.6 Å². The van der Waals surface area contributed by atoms with Crippen molar-refractivity contribution in [2.45, 2.75) is 6.92 Å². The lowest BCUT2D eigenvalue weighted by molar-refractivity contribution is 0.820. The molecule has 0 bridgehead atoms. The third kappa shape index (κ3) is 1.61. The summed E-state index contributed by atoms with van der Waals surface area (Å²) in [6.45, 7) is 1.66. The lowest BCUT2D eigenvalue weighted by atomic mass is 10.3. The number of hydrogen-bond acceptors (Lipinski definition) is 3. The molecule has 0 spiro atoms. The van der Waals surface area contributed by atoms with Gasteiger partial charge in [0, 0.05) is 5.02 Å². The van der Waals surface area contributed by atoms with Gasteiger partial charge in [-0.1, -0.05) is 11.6 Å². The summed E-state index contributed by atoms with van der Waals surface area (Å²) in [5.74, 6) is 5.92. The van der Waals surface area contributed by atoms with Crippen LogP contribution in [0.3, 0.4) is 0 Å². The van der Waals surface area contributed by atoms with E-state index in [1.165, 1.54) is 4.68 Å². The van der Waals surface area contributed by atoms with E-state index in [2.05, 4.69) is 5.10 Å². The fourth-order valence-electron chi connectivity index (χ4n) is 1.23. The van der Waals surface area contributed by atoms with E-state index in [9.17, 15) is 4.79 Å². The Bertz CT molecular complexity index is 540. The average Bonchev–Trinajstić information content (AvgIpc) is 2.47. The van der Waals surface area contributed by atoms with Crippen LogP contribution in [-0.4, -0.2) is 14.5 Å². The Balaban J connectivity index is 2.59. The maximum absolute atomic E-state index is 11.6. The van der Waals surface area contributed by atoms with Crippen molar-refractivity contribution < 1.29 is 0 Å². The van der Waals surface area contributed by atoms with Crippen LogP contribution < -0.4 is 11.5 Å². The van der Waals surface area contributed by atoms with Crippen molar-refractivity contribution in [1.82, 2.24) is 14.5 Å². The van der Waals surface area contributed by atoms with Gasteiger partial charge in [0.25, 0.3) is 0 Å². The van der Waals surface area contributed by atoms with Crippen molar-refractivity contribution in [3.05, 3.63) is 45.6 Å². The SMILES string of the molecule is Cc1nn(-c2ccc(Cl)cc2)c(=O)n1N. The number of rotatable bonds is 1. The minimum absolute atomic E-state index is 0.380. The molecule has 0 atom stereocenters. The van der Waals surface area contributed by atoms with Gasteiger partial charge >= 0.3 is 5.69 Å². The lowest BCUT2D eigenvalue weighted by Crippen LogP contribution is -2.29. The van der Waals surface area contributed by atoms with Crippen LogP contribution in [0.2, 0.25) is 5.02 Å². The first kappa shape index (κ1) is 9.79. The minimum atomic E-state index is -0.380. The number of halogens is 1. The maximum Gasteiger partial charge on any atom is 0.369 e. The minimum Gasteiger partial charge on any atom is -0.333 e. The highest BCUT2D eigenvalue weighted by Gasteiger charge is 2.08. The molecule has 0 aliphatic carbocycles. The van der Waals surface area contributed by atoms with Gasteiger partial charge in [-0.3, -0.25) is 0 Å². The molecule has 0 saturated heterocycles. The van der Waals surface area contributed by atoms with Crippen LogP contribution >= 0.6 is 11.6 Å². The van der Waals surface area contributed by atoms with Crippen molar-refractivity contribution in [3.8, 4) is 5.69 Å². The molecule has 0 amide bonds. The number of nitrogens with two attached hydrogens (primary N) is 1. The van der Waals surface area contributed by atoms with Crippen LogP contribution in [0, 0.1) is 6.92 Å². The number of hydrogen-bond donors (Lipinski definition) is 1. The molecule has 78 valence electrons. The van der Waals surface area contributed by atoms with Crippen molar-refractivity contribution in [1.29, 1.82) is 0 Å². The van der Waals surface area contributed by atoms with Gasteiger partial charge in [0.15, 0.2) is 5.82 Å². The zero-order valence-electron chi connectivity index (χ0n) is 8.01. The van der Waals surface area contributed by atoms with Crippen molar-refractivity contribution in [2.75, 3.05) is 5.84 Å². The number of aromatic nitrogens is 3. The largest absolute Gasteiger partial charge is 0.369 e. The van der Waals surface area contributed by atoms with E-state index >= 15 is 0 Å². The predicted molar refractivity (Wildman–Crippen MR) is 57.7 cm³/mol. The molecule has 6 heteroatoms. The van der Waals surface area contributed by atoms with Crippen LogP contribution in [0.25, 0.3) is 5.69 Å². The molecular formula is C9H9ClN4O. The molecule has 1 aromatic heterocycles. The van der Waals surface area contributed by atoms with Crippen LogP contribution in [0.4, 0.5) is 0 Å². The summed E-state index contributed by atoms with van der Waals surface area (Å²) in [5, 5.41) is 4.62. The second-order valence-electron chi connectivity index (χ2n) is 3.09. The summed E-state index contributed by atoms with van der Waals surface area (Å²) < 4.78 is 2.22. The van der Waals surface area contributed by atoms with Gasteiger partial charge < -0.3 is 5.84 Å². The second kappa shape index (κ2) is 3.43. The van der Waals surface area contributed by atoms with E-state index in [-0.39, 0.29) is 5.69 Å². The molecule has 2 aromatic rings. The van der Waals surface area contributed by atoms with Crippen LogP contribution in [-0.2, 0) is 0 Å². The van der Waals surface area contributed by atoms with Gasteiger partial charge in [0.2, 0.25) is 0 Å². The Morgan fingerprint density at radius 1 is 1.33 bits per heavy atom. The molecule has 2 rings (SSSR count). The quantitative estimate of drug-likeness (QED) is 0.726. The van der Waals surface area contributed by atoms with Gasteiger partial charge in [-0.15, -0.1) is 5.10 Å². The Morgan fingerprint density at radius 3 is 2.40 bits per heavy atom. The lowest BCUT2D eigenvalue weighted by Gasteiger charge is -1.98. The molecular weight excluding hydrogens is 216 g/mol. The molecule has 2 N–H and O–H groups in total. The summed E-state index contributed by atoms with van der Waals surface area (Å²) in [6, 6.07) is 6.79. The smallest absolute Gasteiger partial charge is 0.333 e. The van der Waals surface area contributed by atoms with Gasteiger partial charge in [-0.2, -0.15) is 9.36 Å². The molecule has 1 aromatic carbocycles. The molecule has 15 heavy (non-hydrogen) atoms. The molecule has 1 heterocycles. The Morgan fingerprint density at radius 2 is 1.93 bits per heavy atom. The first-order chi connectivity index (χ1) is 7.09. The molecule has 5 nitrogen and oxygen atoms in total. The standard InChI is InChI=1S/C9H9ClN4O/c1-6-12-14(9(15)13(6)11)8-4-2-7(10)3-5-8/h2-5H,11H2,1H3. The molecule has 0 unspecified atom stereocenters. The highest BCUT2D eigenvalue weighted by Crippen LogP contribution is 2.11. The molecule has 0 saturated carbocycles. The second-order valence-corrected chi connectivity index (χ2v) is 3.52. The van der Waals surface area contributed by atoms with Crippen molar-refractivity contribution in [2.24, 2.45) is 0 Å². The van der Waals surface area contributed by atoms with E-state index in [0.717, 1.165) is 4.68 Å². The first-order valence-electron chi connectivity index (χ1n) is 4.29. The predicted octanol–water partition coefficient (Wildman–Crippen LogP) is 0.710. The molecule has 0 radical (unpaired) electrons. The average molecular weight is 225 g/mol. The summed E-state index contributed by atoms with van der Waals surface area (Å²) in [6.07, 6.45) is 0. The number of nitrogens with zero attached hydrogens (tertiary/aromatic N) is 3. The number of nitrogen functional groups attached to an aromatic ring is 1. The number of benzene rings is 1. The van der Waals surface area contributed by atoms with E-state index < -0.39 is 0 Å². The summed E-state index contributed by atoms with van der Waals surface area (Å²) in [4.78, 5) is 11.6. The van der Waals surface area contributed by atoms with Gasteiger partial charge in [0.05, 0.1) is 5.69 Å². The monoisotopic (exact) mass is 224 g/mol. The van der Waals surface area contributed by atoms with Gasteiger partial charge in [-0.25, -0.2) is 4.79 Å². The Kier molecular flexibility index (Phi) is 2.24. The van der Waals surface area contributed by atoms with Gasteiger partial charge in [0.1, 0.15) is 0 Å². The maximum atomic E-state index is 11.6. The van der Waals surface area contributed by atoms with Crippen LogP contribution in [0.5, 0.6) is 0 Å². The fraction of sp³-hybridized carbons (Fsp3) is 0.111. The zero-order chi connectivity index (χ0) is 11.0. The van der Waals surface area contributed by atoms with Crippen LogP contribution in [0.15, 0.2) is 29.1 Å². The number of aryl methyl sites for hydroxylation is 1. The topological polar surface area (TPSA) is 65.8 Å². The van der Waals surface area contributed by atoms with Gasteiger partial charge in [-0.05, 0) is 31.2 Å². The van der Waals surface area contributed by atoms with Crippen molar-refractivity contribution in [3.63, 3.8) is 0 Å². The Hall–Kier alpha value is -1.75. The third-order valence-corrected chi connectivity index (χ3v) is 2.30. The third-order valence-electron chi connectivity index (χ3n) is 2.05. The molecule has 0 aliphatic rings. The first-order valence-corrected chi connectivity index (χ1v) is 4.67. The highest BCUT2D eigenvalue weighted by atomic mass is 35.5. The van der Waals surface area contributed by atoms with E-state index in [4.69, 9.17) is 17.4 Å². The molecule has 0 fully saturated rings. The summed E-state index contributed by atoms with van der Waals surface area (Å²) >= 11 is 5.74. The Labute approximate surface area is 90.7 Å². The normalized spacial score (nSPS) is 10.5. The van der Waals surface area contributed by atoms with Crippen LogP contribution in [0.1, 0.15) is 5.82 Å². The molecule has 0 aliphatic heterocycles. The highest BCUT2D eigenvalue weighted by molar-refractivity contribution is 6.30. The van der Waals surface area contributed by atoms with E-state index in [0.29, 0.717) is 16.5 Å². The fourth-order valence-corrected chi connectivity index (χ4v) is 1.35.